The zero-order valence-corrected chi connectivity index (χ0v) is 13.3. The average molecular weight is 379 g/mol. The Bertz CT molecular complexity index is 605. The lowest BCUT2D eigenvalue weighted by atomic mass is 9.71. The summed E-state index contributed by atoms with van der Waals surface area (Å²) < 4.78 is 0. The molecule has 0 aliphatic heterocycles. The number of halogens is 3. The Balaban J connectivity index is 2.55. The van der Waals surface area contributed by atoms with Gasteiger partial charge in [-0.15, -0.1) is 0 Å². The van der Waals surface area contributed by atoms with Crippen LogP contribution >= 0.6 is 39.1 Å². The van der Waals surface area contributed by atoms with Crippen LogP contribution in [0.5, 0.6) is 0 Å². The quantitative estimate of drug-likeness (QED) is 0.343. The summed E-state index contributed by atoms with van der Waals surface area (Å²) in [6.07, 6.45) is 2.65. The van der Waals surface area contributed by atoms with Crippen LogP contribution in [-0.4, -0.2) is 16.0 Å². The summed E-state index contributed by atoms with van der Waals surface area (Å²) in [5.74, 6) is 0. The molecule has 7 heteroatoms. The van der Waals surface area contributed by atoms with Gasteiger partial charge in [0.1, 0.15) is 6.29 Å². The van der Waals surface area contributed by atoms with Crippen LogP contribution in [0.4, 0.5) is 0 Å². The first-order valence-electron chi connectivity index (χ1n) is 5.80. The van der Waals surface area contributed by atoms with Crippen LogP contribution in [-0.2, 0) is 10.2 Å². The SMILES string of the molecule is O=CC1(c2ccc(Cl)cc2Cl)CC([N+](=O)[O-])=CCC1Br. The van der Waals surface area contributed by atoms with Crippen molar-refractivity contribution in [2.45, 2.75) is 23.1 Å². The minimum absolute atomic E-state index is 0.000763. The lowest BCUT2D eigenvalue weighted by molar-refractivity contribution is -0.430. The maximum Gasteiger partial charge on any atom is 0.243 e. The molecule has 1 aliphatic rings. The number of benzene rings is 1. The van der Waals surface area contributed by atoms with Crippen molar-refractivity contribution in [3.63, 3.8) is 0 Å². The highest BCUT2D eigenvalue weighted by atomic mass is 79.9. The molecule has 2 atom stereocenters. The summed E-state index contributed by atoms with van der Waals surface area (Å²) in [6, 6.07) is 4.81. The Hall–Kier alpha value is -0.910. The molecule has 0 aromatic heterocycles. The second kappa shape index (κ2) is 5.84. The van der Waals surface area contributed by atoms with E-state index in [0.717, 1.165) is 6.29 Å². The third-order valence-electron chi connectivity index (χ3n) is 3.47. The van der Waals surface area contributed by atoms with Crippen molar-refractivity contribution in [3.8, 4) is 0 Å². The Kier molecular flexibility index (Phi) is 4.52. The van der Waals surface area contributed by atoms with Crippen LogP contribution in [0.1, 0.15) is 18.4 Å². The standard InChI is InChI=1S/C13H10BrCl2NO3/c14-12-4-2-9(17(19)20)6-13(12,7-18)10-3-1-8(15)5-11(10)16/h1-3,5,7,12H,4,6H2. The van der Waals surface area contributed by atoms with E-state index >= 15 is 0 Å². The molecule has 0 saturated heterocycles. The van der Waals surface area contributed by atoms with Gasteiger partial charge in [0.15, 0.2) is 0 Å². The molecule has 1 aromatic rings. The number of nitrogens with zero attached hydrogens (tertiary/aromatic N) is 1. The van der Waals surface area contributed by atoms with E-state index < -0.39 is 10.3 Å². The number of hydrogen-bond acceptors (Lipinski definition) is 3. The lowest BCUT2D eigenvalue weighted by Gasteiger charge is -2.35. The molecule has 1 aromatic carbocycles. The van der Waals surface area contributed by atoms with Crippen molar-refractivity contribution in [3.05, 3.63) is 55.7 Å². The molecule has 0 spiro atoms. The van der Waals surface area contributed by atoms with Gasteiger partial charge in [0, 0.05) is 14.9 Å². The van der Waals surface area contributed by atoms with Gasteiger partial charge >= 0.3 is 0 Å². The Morgan fingerprint density at radius 1 is 1.45 bits per heavy atom. The van der Waals surface area contributed by atoms with Crippen molar-refractivity contribution >= 4 is 45.4 Å². The number of allylic oxidation sites excluding steroid dienone is 2. The van der Waals surface area contributed by atoms with Gasteiger partial charge in [-0.2, -0.15) is 0 Å². The summed E-state index contributed by atoms with van der Waals surface area (Å²) in [5, 5.41) is 11.8. The van der Waals surface area contributed by atoms with Crippen LogP contribution in [0.15, 0.2) is 30.0 Å². The highest BCUT2D eigenvalue weighted by Gasteiger charge is 2.46. The summed E-state index contributed by atoms with van der Waals surface area (Å²) in [5.41, 5.74) is -0.481. The van der Waals surface area contributed by atoms with E-state index in [1.54, 1.807) is 12.1 Å². The van der Waals surface area contributed by atoms with Crippen LogP contribution in [0.25, 0.3) is 0 Å². The van der Waals surface area contributed by atoms with Gasteiger partial charge in [-0.05, 0) is 30.2 Å². The fraction of sp³-hybridized carbons (Fsp3) is 0.308. The molecule has 20 heavy (non-hydrogen) atoms. The molecule has 2 unspecified atom stereocenters. The van der Waals surface area contributed by atoms with Gasteiger partial charge in [-0.25, -0.2) is 0 Å². The molecule has 1 aliphatic carbocycles. The van der Waals surface area contributed by atoms with Gasteiger partial charge in [0.05, 0.1) is 16.8 Å². The monoisotopic (exact) mass is 377 g/mol. The normalized spacial score (nSPS) is 25.9. The van der Waals surface area contributed by atoms with Crippen LogP contribution in [0.3, 0.4) is 0 Å². The Labute approximate surface area is 134 Å². The number of hydrogen-bond donors (Lipinski definition) is 0. The second-order valence-corrected chi connectivity index (χ2v) is 6.56. The van der Waals surface area contributed by atoms with E-state index in [-0.39, 0.29) is 16.9 Å². The highest BCUT2D eigenvalue weighted by Crippen LogP contribution is 2.44. The molecule has 4 nitrogen and oxygen atoms in total. The molecule has 0 saturated carbocycles. The van der Waals surface area contributed by atoms with Crippen LogP contribution in [0.2, 0.25) is 10.0 Å². The third kappa shape index (κ3) is 2.62. The van der Waals surface area contributed by atoms with E-state index in [9.17, 15) is 14.9 Å². The largest absolute Gasteiger partial charge is 0.302 e. The van der Waals surface area contributed by atoms with E-state index in [1.807, 2.05) is 0 Å². The molecule has 0 radical (unpaired) electrons. The molecule has 2 rings (SSSR count). The fourth-order valence-corrected chi connectivity index (χ4v) is 3.67. The smallest absolute Gasteiger partial charge is 0.243 e. The lowest BCUT2D eigenvalue weighted by Crippen LogP contribution is -2.41. The van der Waals surface area contributed by atoms with Crippen LogP contribution in [0, 0.1) is 10.1 Å². The van der Waals surface area contributed by atoms with Crippen molar-refractivity contribution in [1.82, 2.24) is 0 Å². The molecular weight excluding hydrogens is 369 g/mol. The maximum atomic E-state index is 11.7. The van der Waals surface area contributed by atoms with E-state index in [1.165, 1.54) is 12.1 Å². The second-order valence-electron chi connectivity index (χ2n) is 4.61. The number of carbonyl (C=O) groups is 1. The molecular formula is C13H10BrCl2NO3. The van der Waals surface area contributed by atoms with E-state index in [2.05, 4.69) is 15.9 Å². The van der Waals surface area contributed by atoms with E-state index in [0.29, 0.717) is 22.0 Å². The Morgan fingerprint density at radius 3 is 2.70 bits per heavy atom. The summed E-state index contributed by atoms with van der Waals surface area (Å²) in [6.45, 7) is 0. The van der Waals surface area contributed by atoms with Gasteiger partial charge in [-0.3, -0.25) is 10.1 Å². The molecule has 0 bridgehead atoms. The first-order valence-corrected chi connectivity index (χ1v) is 7.47. The fourth-order valence-electron chi connectivity index (χ4n) is 2.38. The summed E-state index contributed by atoms with van der Waals surface area (Å²) >= 11 is 15.5. The third-order valence-corrected chi connectivity index (χ3v) is 5.21. The van der Waals surface area contributed by atoms with Crippen molar-refractivity contribution in [2.75, 3.05) is 0 Å². The summed E-state index contributed by atoms with van der Waals surface area (Å²) in [4.78, 5) is 22.0. The number of nitro groups is 1. The number of alkyl halides is 1. The first kappa shape index (κ1) is 15.5. The molecule has 0 heterocycles. The van der Waals surface area contributed by atoms with Gasteiger partial charge in [0.25, 0.3) is 0 Å². The summed E-state index contributed by atoms with van der Waals surface area (Å²) in [7, 11) is 0. The predicted octanol–water partition coefficient (Wildman–Crippen LogP) is 4.15. The molecule has 106 valence electrons. The number of carbonyl (C=O) groups excluding carboxylic acids is 1. The topological polar surface area (TPSA) is 60.2 Å². The first-order chi connectivity index (χ1) is 9.40. The average Bonchev–Trinajstić information content (AvgIpc) is 2.40. The van der Waals surface area contributed by atoms with Crippen molar-refractivity contribution in [2.24, 2.45) is 0 Å². The van der Waals surface area contributed by atoms with Crippen molar-refractivity contribution in [1.29, 1.82) is 0 Å². The molecule has 0 amide bonds. The zero-order valence-electron chi connectivity index (χ0n) is 10.2. The Morgan fingerprint density at radius 2 is 2.15 bits per heavy atom. The zero-order chi connectivity index (χ0) is 14.9. The minimum atomic E-state index is -1.06. The van der Waals surface area contributed by atoms with Gasteiger partial charge < -0.3 is 4.79 Å². The number of aldehydes is 1. The molecule has 0 fully saturated rings. The number of rotatable bonds is 3. The van der Waals surface area contributed by atoms with Gasteiger partial charge in [-0.1, -0.05) is 45.2 Å². The highest BCUT2D eigenvalue weighted by molar-refractivity contribution is 9.09. The molecule has 0 N–H and O–H groups in total. The predicted molar refractivity (Wildman–Crippen MR) is 81.2 cm³/mol. The van der Waals surface area contributed by atoms with Crippen molar-refractivity contribution < 1.29 is 9.72 Å². The van der Waals surface area contributed by atoms with Gasteiger partial charge in [0.2, 0.25) is 5.70 Å². The maximum absolute atomic E-state index is 11.7. The van der Waals surface area contributed by atoms with Crippen LogP contribution < -0.4 is 0 Å². The van der Waals surface area contributed by atoms with E-state index in [4.69, 9.17) is 23.2 Å². The minimum Gasteiger partial charge on any atom is -0.302 e.